The number of nitrogens with one attached hydrogen (secondary N) is 2. The number of fused-ring (bicyclic) bond motifs is 1. The Kier molecular flexibility index (Phi) is 8.94. The largest absolute Gasteiger partial charge is 0.543 e. The minimum atomic E-state index is -1.73. The van der Waals surface area contributed by atoms with Crippen molar-refractivity contribution in [2.24, 2.45) is 21.7 Å². The lowest BCUT2D eigenvalue weighted by Crippen LogP contribution is -3.19. The summed E-state index contributed by atoms with van der Waals surface area (Å²) in [5, 5.41) is 29.6. The third kappa shape index (κ3) is 5.76. The number of thioether (sulfide) groups is 2. The number of aliphatic carboxylic acids is 2. The van der Waals surface area contributed by atoms with Crippen LogP contribution in [0.1, 0.15) is 45.2 Å². The normalized spacial score (nSPS) is 26.3. The molecular formula is C25H31N9O7S3. The molecule has 0 aromatic carbocycles. The van der Waals surface area contributed by atoms with Crippen LogP contribution >= 0.6 is 34.9 Å². The van der Waals surface area contributed by atoms with E-state index in [1.54, 1.807) is 6.92 Å². The zero-order valence-corrected chi connectivity index (χ0v) is 26.1. The summed E-state index contributed by atoms with van der Waals surface area (Å²) in [6, 6.07) is -1.10. The third-order valence-corrected chi connectivity index (χ3v) is 11.0. The first-order valence-electron chi connectivity index (χ1n) is 13.6. The number of amidine groups is 1. The van der Waals surface area contributed by atoms with Crippen LogP contribution in [-0.2, 0) is 24.0 Å². The van der Waals surface area contributed by atoms with E-state index in [4.69, 9.17) is 22.1 Å². The van der Waals surface area contributed by atoms with E-state index >= 15 is 0 Å². The van der Waals surface area contributed by atoms with Crippen molar-refractivity contribution < 1.29 is 39.2 Å². The molecule has 0 radical (unpaired) electrons. The average molecular weight is 666 g/mol. The number of amides is 2. The van der Waals surface area contributed by atoms with Gasteiger partial charge in [-0.05, 0) is 31.8 Å². The third-order valence-electron chi connectivity index (χ3n) is 7.79. The van der Waals surface area contributed by atoms with Gasteiger partial charge >= 0.3 is 5.97 Å². The van der Waals surface area contributed by atoms with Crippen molar-refractivity contribution in [1.29, 1.82) is 0 Å². The van der Waals surface area contributed by atoms with Gasteiger partial charge in [-0.2, -0.15) is 10.8 Å². The summed E-state index contributed by atoms with van der Waals surface area (Å²) < 4.78 is 0. The maximum atomic E-state index is 13.3. The molecule has 0 saturated carbocycles. The number of aromatic nitrogens is 1. The number of β-lactam (4-membered cyclic amide) rings is 1. The fraction of sp³-hybridized carbons (Fsp3) is 0.480. The Morgan fingerprint density at radius 3 is 2.75 bits per heavy atom. The summed E-state index contributed by atoms with van der Waals surface area (Å²) in [7, 11) is 0. The number of carbonyl (C=O) groups excluding carboxylic acids is 3. The molecule has 2 amide bonds. The molecule has 4 aliphatic rings. The van der Waals surface area contributed by atoms with E-state index in [0.717, 1.165) is 46.8 Å². The number of nitrogen functional groups attached to an aromatic ring is 1. The number of allylic oxidation sites excluding steroid dienone is 1. The summed E-state index contributed by atoms with van der Waals surface area (Å²) in [6.07, 6.45) is 2.64. The Morgan fingerprint density at radius 2 is 2.11 bits per heavy atom. The molecule has 44 heavy (non-hydrogen) atoms. The minimum Gasteiger partial charge on any atom is -0.543 e. The molecular weight excluding hydrogens is 635 g/mol. The van der Waals surface area contributed by atoms with Gasteiger partial charge in [0, 0.05) is 23.3 Å². The predicted octanol–water partition coefficient (Wildman–Crippen LogP) is -2.31. The number of anilines is 1. The molecule has 3 aliphatic heterocycles. The number of oxime groups is 1. The molecule has 1 saturated heterocycles. The molecule has 5 rings (SSSR count). The maximum absolute atomic E-state index is 13.3. The van der Waals surface area contributed by atoms with Crippen LogP contribution in [0.25, 0.3) is 0 Å². The van der Waals surface area contributed by atoms with Gasteiger partial charge in [0.25, 0.3) is 17.3 Å². The summed E-state index contributed by atoms with van der Waals surface area (Å²) in [4.78, 5) is 65.4. The van der Waals surface area contributed by atoms with E-state index in [9.17, 15) is 29.4 Å². The number of quaternary nitrogens is 1. The first-order chi connectivity index (χ1) is 20.9. The molecule has 236 valence electrons. The van der Waals surface area contributed by atoms with Crippen LogP contribution in [0, 0.1) is 0 Å². The van der Waals surface area contributed by atoms with Gasteiger partial charge in [-0.15, -0.1) is 23.1 Å². The van der Waals surface area contributed by atoms with Crippen LogP contribution in [0.3, 0.4) is 0 Å². The number of carbonyl (C=O) groups is 4. The molecule has 1 fully saturated rings. The topological polar surface area (TPSA) is 256 Å². The number of carboxylic acid groups (broad SMARTS) is 2. The molecule has 0 spiro atoms. The lowest BCUT2D eigenvalue weighted by molar-refractivity contribution is -0.885. The summed E-state index contributed by atoms with van der Waals surface area (Å²) >= 11 is 3.62. The SMILES string of the molecule is CCC(C)(O/N=C(\C(=O)NC1C(=O)N2C(C(=O)[O-])=C(CSC3N=C(N)C4=C(CCC4)[NH+]3N)CS[C@H]12)c1csc(N)n1)C(=O)O. The van der Waals surface area contributed by atoms with Crippen molar-refractivity contribution in [3.05, 3.63) is 33.6 Å². The van der Waals surface area contributed by atoms with E-state index in [2.05, 4.69) is 20.4 Å². The number of nitrogens with zero attached hydrogens (tertiary/aromatic N) is 4. The first-order valence-corrected chi connectivity index (χ1v) is 16.5. The van der Waals surface area contributed by atoms with Gasteiger partial charge in [-0.1, -0.05) is 23.8 Å². The molecule has 4 heterocycles. The fourth-order valence-corrected chi connectivity index (χ4v) is 8.20. The van der Waals surface area contributed by atoms with Crippen LogP contribution in [0.5, 0.6) is 0 Å². The number of aliphatic imine (C=N–C) groups is 1. The van der Waals surface area contributed by atoms with Crippen LogP contribution in [0.4, 0.5) is 5.13 Å². The Morgan fingerprint density at radius 1 is 1.36 bits per heavy atom. The van der Waals surface area contributed by atoms with E-state index in [0.29, 0.717) is 16.4 Å². The van der Waals surface area contributed by atoms with Crippen molar-refractivity contribution in [2.75, 3.05) is 17.2 Å². The molecule has 4 unspecified atom stereocenters. The Hall–Kier alpha value is -3.65. The number of nitrogens with two attached hydrogens (primary N) is 3. The molecule has 19 heteroatoms. The number of carboxylic acids is 2. The number of thiazole rings is 1. The van der Waals surface area contributed by atoms with Crippen LogP contribution in [-0.4, -0.2) is 84.3 Å². The fourth-order valence-electron chi connectivity index (χ4n) is 5.07. The molecule has 16 nitrogen and oxygen atoms in total. The minimum absolute atomic E-state index is 0.0194. The second kappa shape index (κ2) is 12.4. The predicted molar refractivity (Wildman–Crippen MR) is 161 cm³/mol. The highest BCUT2D eigenvalue weighted by Crippen LogP contribution is 2.41. The van der Waals surface area contributed by atoms with Crippen molar-refractivity contribution in [3.63, 3.8) is 0 Å². The van der Waals surface area contributed by atoms with Crippen LogP contribution in [0.2, 0.25) is 0 Å². The standard InChI is InChI=1S/C25H31N9O7S3/c1-3-25(2,22(39)40)41-32-14(12-9-43-23(27)29-12)18(35)30-15-19(36)33-16(21(37)38)10(7-42-20(15)33)8-44-24-31-17(26)11-5-4-6-13(11)34(24)28/h9,15,20,24H,3-8,28H2,1-2H3,(H2,26,31)(H2,27,29)(H,30,35)(H,37,38)(H,39,40)/b32-14-/t15?,20-,24?,25?/m1/s1. The van der Waals surface area contributed by atoms with Gasteiger partial charge < -0.3 is 36.6 Å². The van der Waals surface area contributed by atoms with E-state index in [1.165, 1.54) is 35.8 Å². The smallest absolute Gasteiger partial charge is 0.350 e. The van der Waals surface area contributed by atoms with Crippen LogP contribution < -0.4 is 32.7 Å². The van der Waals surface area contributed by atoms with E-state index in [-0.39, 0.29) is 40.2 Å². The second-order valence-electron chi connectivity index (χ2n) is 10.5. The second-order valence-corrected chi connectivity index (χ2v) is 13.6. The van der Waals surface area contributed by atoms with Crippen molar-refractivity contribution >= 4 is 75.3 Å². The molecule has 1 aliphatic carbocycles. The lowest BCUT2D eigenvalue weighted by Gasteiger charge is -2.50. The van der Waals surface area contributed by atoms with E-state index in [1.807, 2.05) is 0 Å². The average Bonchev–Trinajstić information content (AvgIpc) is 3.66. The monoisotopic (exact) mass is 665 g/mol. The van der Waals surface area contributed by atoms with Gasteiger partial charge in [0.1, 0.15) is 28.6 Å². The Balaban J connectivity index is 1.31. The zero-order chi connectivity index (χ0) is 31.9. The number of rotatable bonds is 11. The lowest BCUT2D eigenvalue weighted by atomic mass is 10.0. The van der Waals surface area contributed by atoms with Crippen molar-refractivity contribution in [2.45, 2.75) is 62.0 Å². The molecule has 5 atom stereocenters. The molecule has 9 N–H and O–H groups in total. The van der Waals surface area contributed by atoms with E-state index < -0.39 is 46.3 Å². The summed E-state index contributed by atoms with van der Waals surface area (Å²) in [6.45, 7) is 2.87. The quantitative estimate of drug-likeness (QED) is 0.0629. The Bertz CT molecular complexity index is 1540. The molecule has 0 bridgehead atoms. The van der Waals surface area contributed by atoms with Crippen molar-refractivity contribution in [3.8, 4) is 0 Å². The van der Waals surface area contributed by atoms with Gasteiger partial charge in [-0.3, -0.25) is 14.5 Å². The van der Waals surface area contributed by atoms with Crippen molar-refractivity contribution in [1.82, 2.24) is 15.2 Å². The van der Waals surface area contributed by atoms with Gasteiger partial charge in [0.2, 0.25) is 5.60 Å². The summed E-state index contributed by atoms with van der Waals surface area (Å²) in [5.74, 6) is 2.94. The summed E-state index contributed by atoms with van der Waals surface area (Å²) in [5.41, 5.74) is 11.5. The first kappa shape index (κ1) is 31.8. The maximum Gasteiger partial charge on any atom is 0.350 e. The zero-order valence-electron chi connectivity index (χ0n) is 23.7. The van der Waals surface area contributed by atoms with Crippen LogP contribution in [0.15, 0.2) is 38.1 Å². The number of hydrogen-bond acceptors (Lipinski definition) is 15. The Labute approximate surface area is 263 Å². The molecule has 1 aromatic heterocycles. The number of hydrogen-bond donors (Lipinski definition) is 6. The molecule has 1 aromatic rings. The highest BCUT2D eigenvalue weighted by atomic mass is 32.2. The highest BCUT2D eigenvalue weighted by Gasteiger charge is 2.53. The highest BCUT2D eigenvalue weighted by molar-refractivity contribution is 8.01. The van der Waals surface area contributed by atoms with Gasteiger partial charge in [0.15, 0.2) is 10.8 Å². The van der Waals surface area contributed by atoms with Gasteiger partial charge in [0.05, 0.1) is 17.2 Å². The van der Waals surface area contributed by atoms with Gasteiger partial charge in [-0.25, -0.2) is 14.8 Å².